The number of nitrogens with zero attached hydrogens (tertiary/aromatic N) is 1. The van der Waals surface area contributed by atoms with E-state index in [4.69, 9.17) is 5.41 Å². The predicted octanol–water partition coefficient (Wildman–Crippen LogP) is 1.71. The molecule has 0 saturated heterocycles. The van der Waals surface area contributed by atoms with Crippen molar-refractivity contribution in [2.24, 2.45) is 0 Å². The summed E-state index contributed by atoms with van der Waals surface area (Å²) >= 11 is 0. The van der Waals surface area contributed by atoms with E-state index in [1.807, 2.05) is 42.3 Å². The minimum Gasteiger partial charge on any atom is -0.331 e. The smallest absolute Gasteiger partial charge is 0.0862 e. The Bertz CT molecular complexity index is 271. The van der Waals surface area contributed by atoms with Gasteiger partial charge >= 0.3 is 0 Å². The van der Waals surface area contributed by atoms with E-state index >= 15 is 0 Å². The van der Waals surface area contributed by atoms with Crippen LogP contribution in [0.1, 0.15) is 6.92 Å². The summed E-state index contributed by atoms with van der Waals surface area (Å²) in [7, 11) is 1.93. The molecule has 0 aromatic heterocycles. The number of benzene rings is 1. The topological polar surface area (TPSA) is 39.1 Å². The van der Waals surface area contributed by atoms with Gasteiger partial charge < -0.3 is 10.2 Å². The van der Waals surface area contributed by atoms with Gasteiger partial charge in [0.05, 0.1) is 6.34 Å². The van der Waals surface area contributed by atoms with Gasteiger partial charge in [-0.15, -0.1) is 0 Å². The molecule has 1 unspecified atom stereocenters. The molecule has 0 fully saturated rings. The Morgan fingerprint density at radius 2 is 2.07 bits per heavy atom. The van der Waals surface area contributed by atoms with Crippen LogP contribution >= 0.6 is 0 Å². The number of nitrogens with one attached hydrogen (secondary N) is 2. The highest BCUT2D eigenvalue weighted by molar-refractivity contribution is 5.76. The van der Waals surface area contributed by atoms with Crippen molar-refractivity contribution in [3.05, 3.63) is 30.3 Å². The molecule has 76 valence electrons. The summed E-state index contributed by atoms with van der Waals surface area (Å²) in [5, 5.41) is 10.5. The molecule has 0 amide bonds. The molecule has 1 aromatic rings. The molecule has 0 spiro atoms. The number of rotatable bonds is 5. The molecule has 1 aromatic carbocycles. The molecule has 0 saturated carbocycles. The fourth-order valence-corrected chi connectivity index (χ4v) is 1.24. The molecule has 0 aliphatic rings. The first-order chi connectivity index (χ1) is 6.77. The normalized spacial score (nSPS) is 12.1. The van der Waals surface area contributed by atoms with Crippen LogP contribution in [0.3, 0.4) is 0 Å². The zero-order valence-corrected chi connectivity index (χ0v) is 8.70. The van der Waals surface area contributed by atoms with Crippen LogP contribution in [0.15, 0.2) is 30.3 Å². The fraction of sp³-hybridized carbons (Fsp3) is 0.364. The van der Waals surface area contributed by atoms with Crippen LogP contribution < -0.4 is 10.2 Å². The highest BCUT2D eigenvalue weighted by Gasteiger charge is 2.06. The lowest BCUT2D eigenvalue weighted by atomic mass is 10.2. The summed E-state index contributed by atoms with van der Waals surface area (Å²) in [6.07, 6.45) is 1.36. The molecule has 0 bridgehead atoms. The van der Waals surface area contributed by atoms with E-state index in [9.17, 15) is 0 Å². The molecule has 1 atom stereocenters. The standard InChI is InChI=1S/C11H17N3/c1-10(13-2)8-14(9-12)11-6-4-3-5-7-11/h3-7,9-10,12-13H,8H2,1-2H3. The van der Waals surface area contributed by atoms with Crippen LogP contribution in [0.4, 0.5) is 5.69 Å². The lowest BCUT2D eigenvalue weighted by Gasteiger charge is -2.22. The summed E-state index contributed by atoms with van der Waals surface area (Å²) < 4.78 is 0. The Kier molecular flexibility index (Phi) is 4.13. The molecule has 0 aliphatic carbocycles. The van der Waals surface area contributed by atoms with Crippen LogP contribution in [-0.2, 0) is 0 Å². The van der Waals surface area contributed by atoms with Crippen LogP contribution in [0.5, 0.6) is 0 Å². The van der Waals surface area contributed by atoms with Gasteiger partial charge in [-0.05, 0) is 26.1 Å². The number of hydrogen-bond acceptors (Lipinski definition) is 2. The van der Waals surface area contributed by atoms with Gasteiger partial charge in [-0.3, -0.25) is 5.41 Å². The van der Waals surface area contributed by atoms with Gasteiger partial charge in [-0.1, -0.05) is 18.2 Å². The average molecular weight is 191 g/mol. The molecule has 0 heterocycles. The second-order valence-corrected chi connectivity index (χ2v) is 3.31. The van der Waals surface area contributed by atoms with Crippen LogP contribution in [0, 0.1) is 5.41 Å². The maximum Gasteiger partial charge on any atom is 0.0862 e. The summed E-state index contributed by atoms with van der Waals surface area (Å²) in [6, 6.07) is 10.3. The molecule has 3 nitrogen and oxygen atoms in total. The van der Waals surface area contributed by atoms with Gasteiger partial charge in [0.15, 0.2) is 0 Å². The number of anilines is 1. The summed E-state index contributed by atoms with van der Waals surface area (Å²) in [5.74, 6) is 0. The Morgan fingerprint density at radius 3 is 2.57 bits per heavy atom. The lowest BCUT2D eigenvalue weighted by molar-refractivity contribution is 0.619. The Hall–Kier alpha value is -1.35. The number of para-hydroxylation sites is 1. The lowest BCUT2D eigenvalue weighted by Crippen LogP contribution is -2.36. The first kappa shape index (κ1) is 10.7. The van der Waals surface area contributed by atoms with Crippen molar-refractivity contribution in [3.63, 3.8) is 0 Å². The van der Waals surface area contributed by atoms with Gasteiger partial charge in [-0.2, -0.15) is 0 Å². The maximum absolute atomic E-state index is 7.34. The van der Waals surface area contributed by atoms with Crippen molar-refractivity contribution in [1.29, 1.82) is 5.41 Å². The van der Waals surface area contributed by atoms with E-state index in [2.05, 4.69) is 12.2 Å². The van der Waals surface area contributed by atoms with Crippen molar-refractivity contribution in [2.45, 2.75) is 13.0 Å². The molecule has 2 N–H and O–H groups in total. The average Bonchev–Trinajstić information content (AvgIpc) is 2.26. The first-order valence-electron chi connectivity index (χ1n) is 4.77. The maximum atomic E-state index is 7.34. The van der Waals surface area contributed by atoms with Gasteiger partial charge in [0.1, 0.15) is 0 Å². The number of hydrogen-bond donors (Lipinski definition) is 2. The SMILES string of the molecule is CNC(C)CN(C=N)c1ccccc1. The van der Waals surface area contributed by atoms with Crippen LogP contribution in [-0.4, -0.2) is 26.0 Å². The summed E-state index contributed by atoms with van der Waals surface area (Å²) in [6.45, 7) is 2.91. The first-order valence-corrected chi connectivity index (χ1v) is 4.77. The second kappa shape index (κ2) is 5.40. The van der Waals surface area contributed by atoms with Gasteiger partial charge in [0, 0.05) is 18.3 Å². The molecule has 3 heteroatoms. The minimum atomic E-state index is 0.372. The zero-order chi connectivity index (χ0) is 10.4. The van der Waals surface area contributed by atoms with Crippen LogP contribution in [0.2, 0.25) is 0 Å². The quantitative estimate of drug-likeness (QED) is 0.549. The third-order valence-electron chi connectivity index (χ3n) is 2.21. The van der Waals surface area contributed by atoms with Crippen molar-refractivity contribution in [2.75, 3.05) is 18.5 Å². The summed E-state index contributed by atoms with van der Waals surface area (Å²) in [5.41, 5.74) is 1.06. The Morgan fingerprint density at radius 1 is 1.43 bits per heavy atom. The molecule has 14 heavy (non-hydrogen) atoms. The van der Waals surface area contributed by atoms with E-state index in [1.165, 1.54) is 6.34 Å². The van der Waals surface area contributed by atoms with Crippen molar-refractivity contribution in [1.82, 2.24) is 5.32 Å². The van der Waals surface area contributed by atoms with Gasteiger partial charge in [0.25, 0.3) is 0 Å². The van der Waals surface area contributed by atoms with E-state index < -0.39 is 0 Å². The minimum absolute atomic E-state index is 0.372. The number of likely N-dealkylation sites (N-methyl/N-ethyl adjacent to an activating group) is 1. The highest BCUT2D eigenvalue weighted by Crippen LogP contribution is 2.11. The third kappa shape index (κ3) is 2.85. The van der Waals surface area contributed by atoms with E-state index in [0.717, 1.165) is 12.2 Å². The zero-order valence-electron chi connectivity index (χ0n) is 8.70. The molecule has 0 radical (unpaired) electrons. The highest BCUT2D eigenvalue weighted by atomic mass is 15.2. The molecule has 1 rings (SSSR count). The molecule has 0 aliphatic heterocycles. The van der Waals surface area contributed by atoms with Crippen molar-refractivity contribution < 1.29 is 0 Å². The van der Waals surface area contributed by atoms with Crippen LogP contribution in [0.25, 0.3) is 0 Å². The Balaban J connectivity index is 2.68. The molecular weight excluding hydrogens is 174 g/mol. The molecular formula is C11H17N3. The van der Waals surface area contributed by atoms with Crippen molar-refractivity contribution >= 4 is 12.0 Å². The fourth-order valence-electron chi connectivity index (χ4n) is 1.24. The van der Waals surface area contributed by atoms with E-state index in [-0.39, 0.29) is 0 Å². The second-order valence-electron chi connectivity index (χ2n) is 3.31. The van der Waals surface area contributed by atoms with Crippen molar-refractivity contribution in [3.8, 4) is 0 Å². The predicted molar refractivity (Wildman–Crippen MR) is 61.1 cm³/mol. The van der Waals surface area contributed by atoms with E-state index in [0.29, 0.717) is 6.04 Å². The Labute approximate surface area is 85.3 Å². The largest absolute Gasteiger partial charge is 0.331 e. The monoisotopic (exact) mass is 191 g/mol. The third-order valence-corrected chi connectivity index (χ3v) is 2.21. The van der Waals surface area contributed by atoms with Gasteiger partial charge in [-0.25, -0.2) is 0 Å². The van der Waals surface area contributed by atoms with Gasteiger partial charge in [0.2, 0.25) is 0 Å². The van der Waals surface area contributed by atoms with E-state index in [1.54, 1.807) is 0 Å². The summed E-state index contributed by atoms with van der Waals surface area (Å²) in [4.78, 5) is 1.92.